The van der Waals surface area contributed by atoms with Gasteiger partial charge in [-0.05, 0) is 28.5 Å². The van der Waals surface area contributed by atoms with Crippen molar-refractivity contribution >= 4 is 28.0 Å². The lowest BCUT2D eigenvalue weighted by Crippen LogP contribution is -2.27. The molecule has 0 bridgehead atoms. The molecule has 1 aromatic heterocycles. The molecular weight excluding hydrogens is 246 g/mol. The maximum atomic E-state index is 11.6. The molecule has 90 valence electrons. The summed E-state index contributed by atoms with van der Waals surface area (Å²) in [5.41, 5.74) is 1.46. The van der Waals surface area contributed by atoms with E-state index in [1.807, 2.05) is 0 Å². The number of fused-ring (bicyclic) bond motifs is 1. The van der Waals surface area contributed by atoms with E-state index >= 15 is 0 Å². The largest absolute Gasteiger partial charge is 0.351 e. The van der Waals surface area contributed by atoms with Crippen molar-refractivity contribution in [3.8, 4) is 0 Å². The van der Waals surface area contributed by atoms with Crippen molar-refractivity contribution in [1.29, 1.82) is 0 Å². The second kappa shape index (κ2) is 5.02. The second-order valence-electron chi connectivity index (χ2n) is 3.25. The summed E-state index contributed by atoms with van der Waals surface area (Å²) < 4.78 is 23.4. The van der Waals surface area contributed by atoms with Gasteiger partial charge in [0.15, 0.2) is 11.1 Å². The highest BCUT2D eigenvalue weighted by Crippen LogP contribution is 2.11. The predicted molar refractivity (Wildman–Crippen MR) is 59.8 cm³/mol. The first kappa shape index (κ1) is 11.7. The van der Waals surface area contributed by atoms with Gasteiger partial charge in [-0.15, -0.1) is 0 Å². The van der Waals surface area contributed by atoms with Crippen LogP contribution >= 0.6 is 0 Å². The quantitative estimate of drug-likeness (QED) is 0.755. The lowest BCUT2D eigenvalue weighted by atomic mass is 10.2. The number of nitrogens with zero attached hydrogens (tertiary/aromatic N) is 2. The van der Waals surface area contributed by atoms with Gasteiger partial charge in [0.2, 0.25) is 0 Å². The number of nitrogens with one attached hydrogen (secondary N) is 1. The molecule has 0 aliphatic heterocycles. The zero-order chi connectivity index (χ0) is 12.3. The predicted octanol–water partition coefficient (Wildman–Crippen LogP) is 0.174. The van der Waals surface area contributed by atoms with Crippen LogP contribution in [0.1, 0.15) is 10.4 Å². The Bertz CT molecular complexity index is 568. The summed E-state index contributed by atoms with van der Waals surface area (Å²) >= 11 is -1.91. The third kappa shape index (κ3) is 2.86. The third-order valence-corrected chi connectivity index (χ3v) is 2.63. The van der Waals surface area contributed by atoms with Gasteiger partial charge in [0.1, 0.15) is 11.0 Å². The van der Waals surface area contributed by atoms with Crippen LogP contribution in [0.25, 0.3) is 11.0 Å². The Hall–Kier alpha value is -1.80. The van der Waals surface area contributed by atoms with Gasteiger partial charge in [-0.1, -0.05) is 0 Å². The minimum Gasteiger partial charge on any atom is -0.351 e. The molecule has 1 aromatic carbocycles. The molecule has 7 nitrogen and oxygen atoms in total. The number of carbonyl (C=O) groups is 1. The minimum atomic E-state index is -1.91. The number of carbonyl (C=O) groups excluding carboxylic acids is 1. The summed E-state index contributed by atoms with van der Waals surface area (Å²) in [5, 5.41) is 9.75. The highest BCUT2D eigenvalue weighted by molar-refractivity contribution is 7.79. The fraction of sp³-hybridized carbons (Fsp3) is 0.222. The van der Waals surface area contributed by atoms with Crippen LogP contribution in [-0.4, -0.2) is 37.3 Å². The van der Waals surface area contributed by atoms with E-state index in [1.54, 1.807) is 12.1 Å². The first-order chi connectivity index (χ1) is 8.16. The Kier molecular flexibility index (Phi) is 3.45. The highest BCUT2D eigenvalue weighted by Gasteiger charge is 2.08. The maximum absolute atomic E-state index is 11.6. The van der Waals surface area contributed by atoms with Crippen LogP contribution in [0, 0.1) is 0 Å². The molecule has 1 atom stereocenters. The molecule has 17 heavy (non-hydrogen) atoms. The first-order valence-corrected chi connectivity index (χ1v) is 6.02. The summed E-state index contributed by atoms with van der Waals surface area (Å²) in [6.07, 6.45) is 0. The van der Waals surface area contributed by atoms with E-state index in [9.17, 15) is 9.00 Å². The van der Waals surface area contributed by atoms with Crippen molar-refractivity contribution in [2.24, 2.45) is 0 Å². The van der Waals surface area contributed by atoms with Crippen LogP contribution in [0.2, 0.25) is 0 Å². The van der Waals surface area contributed by atoms with E-state index in [0.29, 0.717) is 16.6 Å². The molecule has 2 rings (SSSR count). The monoisotopic (exact) mass is 255 g/mol. The Morgan fingerprint density at radius 3 is 2.94 bits per heavy atom. The van der Waals surface area contributed by atoms with E-state index in [2.05, 4.69) is 20.3 Å². The zero-order valence-corrected chi connectivity index (χ0v) is 9.44. The third-order valence-electron chi connectivity index (χ3n) is 2.08. The molecule has 0 fully saturated rings. The van der Waals surface area contributed by atoms with Crippen molar-refractivity contribution in [2.45, 2.75) is 0 Å². The van der Waals surface area contributed by atoms with Gasteiger partial charge >= 0.3 is 0 Å². The molecule has 1 unspecified atom stereocenters. The second-order valence-corrected chi connectivity index (χ2v) is 4.30. The van der Waals surface area contributed by atoms with Crippen molar-refractivity contribution < 1.29 is 18.2 Å². The minimum absolute atomic E-state index is 0.000496. The fourth-order valence-electron chi connectivity index (χ4n) is 1.28. The molecular formula is C9H9N3O4S. The van der Waals surface area contributed by atoms with Gasteiger partial charge in [0.05, 0.1) is 5.75 Å². The van der Waals surface area contributed by atoms with Crippen LogP contribution in [0.15, 0.2) is 22.8 Å². The summed E-state index contributed by atoms with van der Waals surface area (Å²) in [7, 11) is 0. The van der Waals surface area contributed by atoms with E-state index in [4.69, 9.17) is 4.55 Å². The molecule has 1 amide bonds. The Morgan fingerprint density at radius 1 is 1.41 bits per heavy atom. The van der Waals surface area contributed by atoms with Crippen molar-refractivity contribution in [2.75, 3.05) is 12.3 Å². The average Bonchev–Trinajstić information content (AvgIpc) is 2.75. The van der Waals surface area contributed by atoms with Crippen LogP contribution in [-0.2, 0) is 11.1 Å². The van der Waals surface area contributed by atoms with Crippen LogP contribution in [0.3, 0.4) is 0 Å². The number of rotatable bonds is 4. The molecule has 0 saturated carbocycles. The van der Waals surface area contributed by atoms with E-state index in [0.717, 1.165) is 0 Å². The van der Waals surface area contributed by atoms with E-state index in [-0.39, 0.29) is 18.2 Å². The zero-order valence-electron chi connectivity index (χ0n) is 8.62. The van der Waals surface area contributed by atoms with Gasteiger partial charge in [-0.3, -0.25) is 4.79 Å². The van der Waals surface area contributed by atoms with Gasteiger partial charge in [-0.25, -0.2) is 8.84 Å². The number of hydrogen-bond acceptors (Lipinski definition) is 5. The number of benzene rings is 1. The van der Waals surface area contributed by atoms with Crippen molar-refractivity contribution in [1.82, 2.24) is 15.6 Å². The van der Waals surface area contributed by atoms with Crippen LogP contribution in [0.4, 0.5) is 0 Å². The van der Waals surface area contributed by atoms with Gasteiger partial charge in [-0.2, -0.15) is 0 Å². The smallest absolute Gasteiger partial charge is 0.251 e. The summed E-state index contributed by atoms with van der Waals surface area (Å²) in [6, 6.07) is 4.74. The lowest BCUT2D eigenvalue weighted by molar-refractivity contribution is 0.0956. The van der Waals surface area contributed by atoms with Crippen LogP contribution in [0.5, 0.6) is 0 Å². The molecule has 0 aliphatic rings. The maximum Gasteiger partial charge on any atom is 0.251 e. The molecule has 0 radical (unpaired) electrons. The van der Waals surface area contributed by atoms with Gasteiger partial charge in [0.25, 0.3) is 5.91 Å². The topological polar surface area (TPSA) is 105 Å². The Balaban J connectivity index is 2.05. The van der Waals surface area contributed by atoms with E-state index < -0.39 is 11.1 Å². The van der Waals surface area contributed by atoms with Gasteiger partial charge < -0.3 is 9.87 Å². The molecule has 0 aliphatic carbocycles. The van der Waals surface area contributed by atoms with Crippen LogP contribution < -0.4 is 5.32 Å². The van der Waals surface area contributed by atoms with E-state index in [1.165, 1.54) is 6.07 Å². The van der Waals surface area contributed by atoms with Crippen molar-refractivity contribution in [3.05, 3.63) is 23.8 Å². The highest BCUT2D eigenvalue weighted by atomic mass is 32.2. The molecule has 1 heterocycles. The summed E-state index contributed by atoms with van der Waals surface area (Å²) in [6.45, 7) is 0.136. The molecule has 8 heteroatoms. The SMILES string of the molecule is O=C(NCCS(=O)O)c1ccc2nonc2c1. The van der Waals surface area contributed by atoms with Crippen molar-refractivity contribution in [3.63, 3.8) is 0 Å². The average molecular weight is 255 g/mol. The first-order valence-electron chi connectivity index (χ1n) is 4.75. The number of aromatic nitrogens is 2. The lowest BCUT2D eigenvalue weighted by Gasteiger charge is -2.02. The van der Waals surface area contributed by atoms with Gasteiger partial charge in [0, 0.05) is 12.1 Å². The standard InChI is InChI=1S/C9H9N3O4S/c13-9(10-3-4-17(14)15)6-1-2-7-8(5-6)12-16-11-7/h1-2,5H,3-4H2,(H,10,13)(H,14,15). The fourth-order valence-corrected chi connectivity index (χ4v) is 1.55. The normalized spacial score (nSPS) is 12.5. The summed E-state index contributed by atoms with van der Waals surface area (Å²) in [5.74, 6) is -0.334. The molecule has 0 spiro atoms. The number of hydrogen-bond donors (Lipinski definition) is 2. The number of amides is 1. The summed E-state index contributed by atoms with van der Waals surface area (Å²) in [4.78, 5) is 11.6. The molecule has 0 saturated heterocycles. The Morgan fingerprint density at radius 2 is 2.18 bits per heavy atom. The molecule has 2 N–H and O–H groups in total. The molecule has 2 aromatic rings. The Labute approximate surface area is 98.4 Å².